The van der Waals surface area contributed by atoms with Crippen molar-refractivity contribution in [2.75, 3.05) is 0 Å². The third-order valence-electron chi connectivity index (χ3n) is 3.72. The van der Waals surface area contributed by atoms with Gasteiger partial charge in [-0.1, -0.05) is 0 Å². The van der Waals surface area contributed by atoms with E-state index in [1.807, 2.05) is 18.3 Å². The third kappa shape index (κ3) is 2.94. The van der Waals surface area contributed by atoms with Crippen LogP contribution in [0, 0.1) is 5.82 Å². The Morgan fingerprint density at radius 3 is 2.36 bits per heavy atom. The fourth-order valence-corrected chi connectivity index (χ4v) is 2.52. The van der Waals surface area contributed by atoms with Gasteiger partial charge in [-0.05, 0) is 48.0 Å². The highest BCUT2D eigenvalue weighted by Gasteiger charge is 2.14. The van der Waals surface area contributed by atoms with Gasteiger partial charge in [-0.15, -0.1) is 0 Å². The quantitative estimate of drug-likeness (QED) is 0.625. The Morgan fingerprint density at radius 1 is 0.920 bits per heavy atom. The minimum absolute atomic E-state index is 0.288. The van der Waals surface area contributed by atoms with Gasteiger partial charge in [0.05, 0.1) is 0 Å². The first-order chi connectivity index (χ1) is 12.2. The molecule has 25 heavy (non-hydrogen) atoms. The van der Waals surface area contributed by atoms with E-state index < -0.39 is 0 Å². The Morgan fingerprint density at radius 2 is 1.68 bits per heavy atom. The summed E-state index contributed by atoms with van der Waals surface area (Å²) in [5, 5.41) is 11.0. The van der Waals surface area contributed by atoms with Crippen LogP contribution < -0.4 is 5.56 Å². The van der Waals surface area contributed by atoms with Crippen LogP contribution in [0.5, 0.6) is 0 Å². The number of aromatic nitrogens is 5. The highest BCUT2D eigenvalue weighted by molar-refractivity contribution is 5.80. The lowest BCUT2D eigenvalue weighted by Gasteiger charge is -2.02. The molecule has 3 aromatic heterocycles. The highest BCUT2D eigenvalue weighted by Crippen LogP contribution is 2.31. The minimum Gasteiger partial charge on any atom is -0.268 e. The molecular weight excluding hydrogens is 321 g/mol. The first-order valence-corrected chi connectivity index (χ1v) is 7.53. The van der Waals surface area contributed by atoms with Crippen molar-refractivity contribution in [3.8, 4) is 28.2 Å². The van der Waals surface area contributed by atoms with Crippen molar-refractivity contribution in [2.45, 2.75) is 0 Å². The summed E-state index contributed by atoms with van der Waals surface area (Å²) >= 11 is 0. The van der Waals surface area contributed by atoms with Crippen LogP contribution in [0.25, 0.3) is 28.2 Å². The number of aromatic amines is 1. The Labute approximate surface area is 141 Å². The van der Waals surface area contributed by atoms with Gasteiger partial charge in [0.15, 0.2) is 5.82 Å². The van der Waals surface area contributed by atoms with Crippen LogP contribution >= 0.6 is 0 Å². The van der Waals surface area contributed by atoms with Gasteiger partial charge in [-0.3, -0.25) is 9.78 Å². The van der Waals surface area contributed by atoms with Gasteiger partial charge in [0.2, 0.25) is 0 Å². The minimum atomic E-state index is -0.309. The lowest BCUT2D eigenvalue weighted by molar-refractivity contribution is 0.628. The summed E-state index contributed by atoms with van der Waals surface area (Å²) in [5.41, 5.74) is 2.94. The van der Waals surface area contributed by atoms with E-state index in [0.29, 0.717) is 11.5 Å². The summed E-state index contributed by atoms with van der Waals surface area (Å²) in [5.74, 6) is 0.166. The molecule has 0 saturated carbocycles. The number of rotatable bonds is 3. The number of nitrogens with one attached hydrogen (secondary N) is 1. The number of halogens is 1. The standard InChI is InChI=1S/C18H12FN5O/c19-14-3-1-13(2-4-14)18-15(12-7-9-20-10-8-12)11-24(23-18)16-5-6-17(25)22-21-16/h1-11H,(H,22,25). The summed E-state index contributed by atoms with van der Waals surface area (Å²) < 4.78 is 14.8. The molecule has 1 aromatic carbocycles. The Kier molecular flexibility index (Phi) is 3.66. The molecular formula is C18H12FN5O. The molecule has 0 amide bonds. The second-order valence-electron chi connectivity index (χ2n) is 5.36. The van der Waals surface area contributed by atoms with Gasteiger partial charge in [0.25, 0.3) is 5.56 Å². The largest absolute Gasteiger partial charge is 0.268 e. The molecule has 0 fully saturated rings. The summed E-state index contributed by atoms with van der Waals surface area (Å²) in [6.45, 7) is 0. The molecule has 0 unspecified atom stereocenters. The van der Waals surface area contributed by atoms with Crippen molar-refractivity contribution < 1.29 is 4.39 Å². The van der Waals surface area contributed by atoms with Gasteiger partial charge in [-0.25, -0.2) is 14.2 Å². The zero-order valence-corrected chi connectivity index (χ0v) is 12.9. The van der Waals surface area contributed by atoms with E-state index in [-0.39, 0.29) is 11.4 Å². The van der Waals surface area contributed by atoms with E-state index in [1.54, 1.807) is 35.3 Å². The maximum absolute atomic E-state index is 13.3. The van der Waals surface area contributed by atoms with Gasteiger partial charge < -0.3 is 0 Å². The molecule has 122 valence electrons. The van der Waals surface area contributed by atoms with Gasteiger partial charge in [0.1, 0.15) is 11.5 Å². The van der Waals surface area contributed by atoms with E-state index in [4.69, 9.17) is 0 Å². The van der Waals surface area contributed by atoms with Crippen molar-refractivity contribution in [2.24, 2.45) is 0 Å². The predicted molar refractivity (Wildman–Crippen MR) is 90.6 cm³/mol. The van der Waals surface area contributed by atoms with Crippen molar-refractivity contribution >= 4 is 0 Å². The van der Waals surface area contributed by atoms with Crippen molar-refractivity contribution in [1.82, 2.24) is 25.0 Å². The second kappa shape index (κ2) is 6.12. The lowest BCUT2D eigenvalue weighted by Crippen LogP contribution is -2.09. The number of hydrogen-bond acceptors (Lipinski definition) is 4. The van der Waals surface area contributed by atoms with Gasteiger partial charge in [0, 0.05) is 35.8 Å². The molecule has 0 atom stereocenters. The molecule has 0 saturated heterocycles. The average Bonchev–Trinajstić information content (AvgIpc) is 3.09. The smallest absolute Gasteiger partial charge is 0.264 e. The Balaban J connectivity index is 1.90. The third-order valence-corrected chi connectivity index (χ3v) is 3.72. The van der Waals surface area contributed by atoms with Crippen LogP contribution in [0.1, 0.15) is 0 Å². The molecule has 0 spiro atoms. The zero-order chi connectivity index (χ0) is 17.2. The number of nitrogens with zero attached hydrogens (tertiary/aromatic N) is 4. The number of pyridine rings is 1. The first kappa shape index (κ1) is 14.9. The topological polar surface area (TPSA) is 76.5 Å². The van der Waals surface area contributed by atoms with E-state index >= 15 is 0 Å². The van der Waals surface area contributed by atoms with Gasteiger partial charge >= 0.3 is 0 Å². The molecule has 0 bridgehead atoms. The maximum Gasteiger partial charge on any atom is 0.264 e. The van der Waals surface area contributed by atoms with Crippen LogP contribution in [0.15, 0.2) is 71.9 Å². The molecule has 4 aromatic rings. The fourth-order valence-electron chi connectivity index (χ4n) is 2.52. The maximum atomic E-state index is 13.3. The van der Waals surface area contributed by atoms with E-state index in [2.05, 4.69) is 20.3 Å². The van der Waals surface area contributed by atoms with E-state index in [9.17, 15) is 9.18 Å². The Hall–Kier alpha value is -3.61. The fraction of sp³-hybridized carbons (Fsp3) is 0. The SMILES string of the molecule is O=c1ccc(-n2cc(-c3ccncc3)c(-c3ccc(F)cc3)n2)n[nH]1. The summed E-state index contributed by atoms with van der Waals surface area (Å²) in [4.78, 5) is 15.2. The van der Waals surface area contributed by atoms with Crippen LogP contribution in [0.2, 0.25) is 0 Å². The number of H-pyrrole nitrogens is 1. The normalized spacial score (nSPS) is 10.8. The molecule has 6 nitrogen and oxygen atoms in total. The number of benzene rings is 1. The summed E-state index contributed by atoms with van der Waals surface area (Å²) in [6, 6.07) is 12.8. The molecule has 1 N–H and O–H groups in total. The van der Waals surface area contributed by atoms with Crippen LogP contribution in [-0.4, -0.2) is 25.0 Å². The Bertz CT molecular complexity index is 1050. The summed E-state index contributed by atoms with van der Waals surface area (Å²) in [7, 11) is 0. The molecule has 0 aliphatic rings. The second-order valence-corrected chi connectivity index (χ2v) is 5.36. The molecule has 0 aliphatic heterocycles. The monoisotopic (exact) mass is 333 g/mol. The number of hydrogen-bond donors (Lipinski definition) is 1. The molecule has 3 heterocycles. The molecule has 4 rings (SSSR count). The van der Waals surface area contributed by atoms with E-state index in [1.165, 1.54) is 18.2 Å². The molecule has 0 radical (unpaired) electrons. The van der Waals surface area contributed by atoms with Crippen LogP contribution in [-0.2, 0) is 0 Å². The van der Waals surface area contributed by atoms with Crippen LogP contribution in [0.4, 0.5) is 4.39 Å². The van der Waals surface area contributed by atoms with Gasteiger partial charge in [-0.2, -0.15) is 10.2 Å². The van der Waals surface area contributed by atoms with E-state index in [0.717, 1.165) is 16.7 Å². The summed E-state index contributed by atoms with van der Waals surface area (Å²) in [6.07, 6.45) is 5.20. The highest BCUT2D eigenvalue weighted by atomic mass is 19.1. The zero-order valence-electron chi connectivity index (χ0n) is 12.9. The van der Waals surface area contributed by atoms with Crippen molar-refractivity contribution in [3.63, 3.8) is 0 Å². The lowest BCUT2D eigenvalue weighted by atomic mass is 10.0. The van der Waals surface area contributed by atoms with Crippen LogP contribution in [0.3, 0.4) is 0 Å². The predicted octanol–water partition coefficient (Wildman–Crippen LogP) is 2.82. The van der Waals surface area contributed by atoms with Crippen molar-refractivity contribution in [1.29, 1.82) is 0 Å². The molecule has 0 aliphatic carbocycles. The van der Waals surface area contributed by atoms with Crippen molar-refractivity contribution in [3.05, 3.63) is 83.3 Å². The first-order valence-electron chi connectivity index (χ1n) is 7.53. The molecule has 7 heteroatoms. The average molecular weight is 333 g/mol.